The van der Waals surface area contributed by atoms with Crippen molar-refractivity contribution in [3.63, 3.8) is 0 Å². The number of amides is 1. The lowest BCUT2D eigenvalue weighted by Gasteiger charge is -2.19. The molecule has 0 saturated heterocycles. The van der Waals surface area contributed by atoms with Crippen molar-refractivity contribution >= 4 is 11.7 Å². The SMILES string of the molecule is CN(CCC(F)(F)F)C(=O)c1cccnc1NN. The van der Waals surface area contributed by atoms with Crippen LogP contribution in [0.5, 0.6) is 0 Å². The number of alkyl halides is 3. The first-order valence-corrected chi connectivity index (χ1v) is 5.09. The first kappa shape index (κ1) is 14.2. The van der Waals surface area contributed by atoms with Crippen molar-refractivity contribution < 1.29 is 18.0 Å². The fraction of sp³-hybridized carbons (Fsp3) is 0.400. The first-order valence-electron chi connectivity index (χ1n) is 5.09. The molecule has 8 heteroatoms. The van der Waals surface area contributed by atoms with Crippen LogP contribution >= 0.6 is 0 Å². The molecule has 18 heavy (non-hydrogen) atoms. The highest BCUT2D eigenvalue weighted by molar-refractivity contribution is 5.98. The summed E-state index contributed by atoms with van der Waals surface area (Å²) in [6.07, 6.45) is -3.93. The van der Waals surface area contributed by atoms with Crippen LogP contribution in [0.25, 0.3) is 0 Å². The van der Waals surface area contributed by atoms with E-state index in [1.54, 1.807) is 0 Å². The van der Waals surface area contributed by atoms with Gasteiger partial charge in [0.05, 0.1) is 12.0 Å². The van der Waals surface area contributed by atoms with E-state index >= 15 is 0 Å². The van der Waals surface area contributed by atoms with Crippen LogP contribution in [0.4, 0.5) is 19.0 Å². The summed E-state index contributed by atoms with van der Waals surface area (Å²) in [6, 6.07) is 2.94. The third kappa shape index (κ3) is 3.88. The number of pyridine rings is 1. The molecule has 0 aromatic carbocycles. The third-order valence-corrected chi connectivity index (χ3v) is 2.25. The number of nitrogen functional groups attached to an aromatic ring is 1. The van der Waals surface area contributed by atoms with E-state index in [1.165, 1.54) is 25.4 Å². The molecule has 0 aliphatic carbocycles. The second-order valence-corrected chi connectivity index (χ2v) is 3.64. The molecular formula is C10H13F3N4O. The number of hydrogen-bond acceptors (Lipinski definition) is 4. The summed E-state index contributed by atoms with van der Waals surface area (Å²) in [5, 5.41) is 0. The topological polar surface area (TPSA) is 71.2 Å². The van der Waals surface area contributed by atoms with Crippen LogP contribution in [0.1, 0.15) is 16.8 Å². The van der Waals surface area contributed by atoms with E-state index in [2.05, 4.69) is 10.4 Å². The largest absolute Gasteiger partial charge is 0.390 e. The van der Waals surface area contributed by atoms with Crippen LogP contribution in [0, 0.1) is 0 Å². The van der Waals surface area contributed by atoms with Crippen molar-refractivity contribution in [2.45, 2.75) is 12.6 Å². The fourth-order valence-electron chi connectivity index (χ4n) is 1.29. The van der Waals surface area contributed by atoms with E-state index in [9.17, 15) is 18.0 Å². The summed E-state index contributed by atoms with van der Waals surface area (Å²) in [7, 11) is 1.29. The summed E-state index contributed by atoms with van der Waals surface area (Å²) in [6.45, 7) is -0.415. The maximum absolute atomic E-state index is 12.0. The smallest absolute Gasteiger partial charge is 0.341 e. The third-order valence-electron chi connectivity index (χ3n) is 2.25. The Hall–Kier alpha value is -1.83. The van der Waals surface area contributed by atoms with Gasteiger partial charge in [-0.15, -0.1) is 0 Å². The van der Waals surface area contributed by atoms with E-state index in [0.29, 0.717) is 0 Å². The summed E-state index contributed by atoms with van der Waals surface area (Å²) in [5.74, 6) is 4.73. The lowest BCUT2D eigenvalue weighted by molar-refractivity contribution is -0.136. The van der Waals surface area contributed by atoms with E-state index in [0.717, 1.165) is 4.90 Å². The average Bonchev–Trinajstić information content (AvgIpc) is 2.34. The Balaban J connectivity index is 2.74. The second kappa shape index (κ2) is 5.67. The lowest BCUT2D eigenvalue weighted by atomic mass is 10.2. The Morgan fingerprint density at radius 3 is 2.78 bits per heavy atom. The summed E-state index contributed by atoms with van der Waals surface area (Å²) in [5.41, 5.74) is 2.35. The number of nitrogens with two attached hydrogens (primary N) is 1. The van der Waals surface area contributed by atoms with Crippen molar-refractivity contribution in [2.75, 3.05) is 19.0 Å². The molecular weight excluding hydrogens is 249 g/mol. The molecule has 0 atom stereocenters. The number of hydrazine groups is 1. The molecule has 0 fully saturated rings. The Morgan fingerprint density at radius 1 is 1.56 bits per heavy atom. The van der Waals surface area contributed by atoms with Crippen molar-refractivity contribution in [3.8, 4) is 0 Å². The van der Waals surface area contributed by atoms with Crippen LogP contribution in [0.3, 0.4) is 0 Å². The molecule has 0 aliphatic rings. The second-order valence-electron chi connectivity index (χ2n) is 3.64. The van der Waals surface area contributed by atoms with E-state index < -0.39 is 25.0 Å². The Morgan fingerprint density at radius 2 is 2.22 bits per heavy atom. The predicted octanol–water partition coefficient (Wildman–Crippen LogP) is 1.39. The van der Waals surface area contributed by atoms with Crippen molar-refractivity contribution in [1.29, 1.82) is 0 Å². The monoisotopic (exact) mass is 262 g/mol. The molecule has 3 N–H and O–H groups in total. The molecule has 1 heterocycles. The molecule has 1 rings (SSSR count). The molecule has 0 bridgehead atoms. The van der Waals surface area contributed by atoms with Crippen molar-refractivity contribution in [1.82, 2.24) is 9.88 Å². The minimum Gasteiger partial charge on any atom is -0.341 e. The van der Waals surface area contributed by atoms with Crippen LogP contribution in [0.15, 0.2) is 18.3 Å². The lowest BCUT2D eigenvalue weighted by Crippen LogP contribution is -2.31. The Labute approximate surface area is 102 Å². The normalized spacial score (nSPS) is 11.2. The van der Waals surface area contributed by atoms with Crippen LogP contribution in [-0.2, 0) is 0 Å². The number of halogens is 3. The van der Waals surface area contributed by atoms with Crippen molar-refractivity contribution in [2.24, 2.45) is 5.84 Å². The molecule has 0 aliphatic heterocycles. The van der Waals surface area contributed by atoms with Gasteiger partial charge in [0.2, 0.25) is 0 Å². The highest BCUT2D eigenvalue weighted by atomic mass is 19.4. The van der Waals surface area contributed by atoms with Gasteiger partial charge in [-0.1, -0.05) is 0 Å². The maximum atomic E-state index is 12.0. The number of anilines is 1. The summed E-state index contributed by atoms with van der Waals surface area (Å²) in [4.78, 5) is 16.6. The maximum Gasteiger partial charge on any atom is 0.390 e. The molecule has 1 aromatic rings. The molecule has 5 nitrogen and oxygen atoms in total. The van der Waals surface area contributed by atoms with Gasteiger partial charge in [0.1, 0.15) is 0 Å². The highest BCUT2D eigenvalue weighted by Crippen LogP contribution is 2.20. The quantitative estimate of drug-likeness (QED) is 0.635. The first-order chi connectivity index (χ1) is 8.35. The zero-order chi connectivity index (χ0) is 13.8. The highest BCUT2D eigenvalue weighted by Gasteiger charge is 2.28. The zero-order valence-electron chi connectivity index (χ0n) is 9.66. The number of nitrogens with zero attached hydrogens (tertiary/aromatic N) is 2. The van der Waals surface area contributed by atoms with Gasteiger partial charge in [-0.05, 0) is 12.1 Å². The van der Waals surface area contributed by atoms with Gasteiger partial charge >= 0.3 is 6.18 Å². The van der Waals surface area contributed by atoms with Crippen LogP contribution < -0.4 is 11.3 Å². The molecule has 1 aromatic heterocycles. The van der Waals surface area contributed by atoms with E-state index in [-0.39, 0.29) is 11.4 Å². The molecule has 1 amide bonds. The number of aromatic nitrogens is 1. The average molecular weight is 262 g/mol. The van der Waals surface area contributed by atoms with Crippen LogP contribution in [-0.4, -0.2) is 35.6 Å². The molecule has 100 valence electrons. The standard InChI is InChI=1S/C10H13F3N4O/c1-17(6-4-10(11,12)13)9(18)7-3-2-5-15-8(7)16-14/h2-3,5H,4,6,14H2,1H3,(H,15,16). The molecule has 0 radical (unpaired) electrons. The van der Waals surface area contributed by atoms with Gasteiger partial charge in [-0.2, -0.15) is 13.2 Å². The van der Waals surface area contributed by atoms with E-state index in [1.807, 2.05) is 0 Å². The number of carbonyl (C=O) groups is 1. The molecule has 0 saturated carbocycles. The Bertz CT molecular complexity index is 422. The summed E-state index contributed by atoms with van der Waals surface area (Å²) < 4.78 is 36.1. The molecule has 0 spiro atoms. The van der Waals surface area contributed by atoms with Crippen LogP contribution in [0.2, 0.25) is 0 Å². The van der Waals surface area contributed by atoms with Crippen molar-refractivity contribution in [3.05, 3.63) is 23.9 Å². The van der Waals surface area contributed by atoms with Gasteiger partial charge < -0.3 is 10.3 Å². The summed E-state index contributed by atoms with van der Waals surface area (Å²) >= 11 is 0. The number of rotatable bonds is 4. The number of hydrogen-bond donors (Lipinski definition) is 2. The van der Waals surface area contributed by atoms with Gasteiger partial charge in [0.15, 0.2) is 5.82 Å². The van der Waals surface area contributed by atoms with Gasteiger partial charge in [-0.3, -0.25) is 4.79 Å². The zero-order valence-corrected chi connectivity index (χ0v) is 9.66. The van der Waals surface area contributed by atoms with Gasteiger partial charge in [0, 0.05) is 19.8 Å². The number of carbonyl (C=O) groups excluding carboxylic acids is 1. The predicted molar refractivity (Wildman–Crippen MR) is 59.7 cm³/mol. The van der Waals surface area contributed by atoms with Gasteiger partial charge in [0.25, 0.3) is 5.91 Å². The van der Waals surface area contributed by atoms with E-state index in [4.69, 9.17) is 5.84 Å². The fourth-order valence-corrected chi connectivity index (χ4v) is 1.29. The Kier molecular flexibility index (Phi) is 4.49. The molecule has 0 unspecified atom stereocenters. The number of nitrogens with one attached hydrogen (secondary N) is 1. The minimum absolute atomic E-state index is 0.126. The minimum atomic E-state index is -4.29. The van der Waals surface area contributed by atoms with Gasteiger partial charge in [-0.25, -0.2) is 10.8 Å².